The number of carbonyl (C=O) groups is 1. The lowest BCUT2D eigenvalue weighted by atomic mass is 10.1. The summed E-state index contributed by atoms with van der Waals surface area (Å²) in [5, 5.41) is 0.571. The van der Waals surface area contributed by atoms with Crippen molar-refractivity contribution in [3.63, 3.8) is 0 Å². The zero-order valence-electron chi connectivity index (χ0n) is 9.35. The van der Waals surface area contributed by atoms with Gasteiger partial charge in [-0.1, -0.05) is 0 Å². The molecule has 0 bridgehead atoms. The van der Waals surface area contributed by atoms with E-state index < -0.39 is 5.97 Å². The predicted octanol–water partition coefficient (Wildman–Crippen LogP) is 2.71. The number of aromatic nitrogens is 1. The Morgan fingerprint density at radius 3 is 2.69 bits per heavy atom. The van der Waals surface area contributed by atoms with Crippen LogP contribution in [0.1, 0.15) is 21.6 Å². The minimum atomic E-state index is -0.450. The number of benzene rings is 1. The van der Waals surface area contributed by atoms with Gasteiger partial charge in [0.05, 0.1) is 18.2 Å². The van der Waals surface area contributed by atoms with Crippen molar-refractivity contribution in [2.75, 3.05) is 7.11 Å². The number of hydrogen-bond acceptors (Lipinski definition) is 2. The maximum Gasteiger partial charge on any atom is 0.340 e. The number of ether oxygens (including phenoxy) is 1. The number of fused-ring (bicyclic) bond motifs is 1. The fourth-order valence-corrected chi connectivity index (χ4v) is 1.88. The van der Waals surface area contributed by atoms with Crippen molar-refractivity contribution in [1.29, 1.82) is 0 Å². The molecule has 2 rings (SSSR count). The summed E-state index contributed by atoms with van der Waals surface area (Å²) in [7, 11) is 1.31. The molecule has 0 unspecified atom stereocenters. The lowest BCUT2D eigenvalue weighted by molar-refractivity contribution is 0.0602. The van der Waals surface area contributed by atoms with Crippen LogP contribution in [0.3, 0.4) is 0 Å². The van der Waals surface area contributed by atoms with E-state index in [1.807, 2.05) is 0 Å². The van der Waals surface area contributed by atoms with E-state index >= 15 is 0 Å². The summed E-state index contributed by atoms with van der Waals surface area (Å²) in [5.41, 5.74) is 2.14. The van der Waals surface area contributed by atoms with Gasteiger partial charge >= 0.3 is 5.97 Å². The van der Waals surface area contributed by atoms with E-state index in [0.717, 1.165) is 5.56 Å². The number of methoxy groups -OCH3 is 1. The lowest BCUT2D eigenvalue weighted by Gasteiger charge is -2.00. The molecule has 2 aromatic rings. The van der Waals surface area contributed by atoms with Crippen LogP contribution in [0.2, 0.25) is 0 Å². The second-order valence-corrected chi connectivity index (χ2v) is 3.79. The molecule has 0 atom stereocenters. The zero-order valence-corrected chi connectivity index (χ0v) is 9.35. The highest BCUT2D eigenvalue weighted by Gasteiger charge is 2.18. The summed E-state index contributed by atoms with van der Waals surface area (Å²) in [4.78, 5) is 14.4. The molecule has 16 heavy (non-hydrogen) atoms. The van der Waals surface area contributed by atoms with Crippen LogP contribution in [0.4, 0.5) is 4.39 Å². The Hall–Kier alpha value is -1.84. The van der Waals surface area contributed by atoms with Gasteiger partial charge in [0.1, 0.15) is 5.82 Å². The number of halogens is 1. The third-order valence-electron chi connectivity index (χ3n) is 2.58. The smallest absolute Gasteiger partial charge is 0.340 e. The van der Waals surface area contributed by atoms with Crippen molar-refractivity contribution in [2.24, 2.45) is 0 Å². The monoisotopic (exact) mass is 221 g/mol. The largest absolute Gasteiger partial charge is 0.465 e. The predicted molar refractivity (Wildman–Crippen MR) is 59.1 cm³/mol. The van der Waals surface area contributed by atoms with Crippen molar-refractivity contribution < 1.29 is 13.9 Å². The van der Waals surface area contributed by atoms with Crippen LogP contribution < -0.4 is 0 Å². The summed E-state index contributed by atoms with van der Waals surface area (Å²) in [6.45, 7) is 3.51. The number of rotatable bonds is 1. The molecule has 84 valence electrons. The van der Waals surface area contributed by atoms with Crippen molar-refractivity contribution >= 4 is 16.9 Å². The van der Waals surface area contributed by atoms with E-state index in [1.165, 1.54) is 13.2 Å². The van der Waals surface area contributed by atoms with Crippen LogP contribution in [0.25, 0.3) is 10.9 Å². The average Bonchev–Trinajstić information content (AvgIpc) is 2.54. The highest BCUT2D eigenvalue weighted by molar-refractivity contribution is 6.05. The third-order valence-corrected chi connectivity index (χ3v) is 2.58. The Balaban J connectivity index is 2.83. The summed E-state index contributed by atoms with van der Waals surface area (Å²) in [5.74, 6) is -0.804. The van der Waals surface area contributed by atoms with E-state index in [1.54, 1.807) is 19.9 Å². The van der Waals surface area contributed by atoms with E-state index in [-0.39, 0.29) is 5.82 Å². The molecule has 1 N–H and O–H groups in total. The van der Waals surface area contributed by atoms with Crippen molar-refractivity contribution in [2.45, 2.75) is 13.8 Å². The van der Waals surface area contributed by atoms with Gasteiger partial charge in [0, 0.05) is 11.1 Å². The van der Waals surface area contributed by atoms with Gasteiger partial charge in [0.25, 0.3) is 0 Å². The maximum atomic E-state index is 13.6. The van der Waals surface area contributed by atoms with E-state index in [2.05, 4.69) is 9.72 Å². The number of carbonyl (C=O) groups excluding carboxylic acids is 1. The minimum absolute atomic E-state index is 0.350. The quantitative estimate of drug-likeness (QED) is 0.752. The van der Waals surface area contributed by atoms with Crippen LogP contribution in [0.15, 0.2) is 12.1 Å². The summed E-state index contributed by atoms with van der Waals surface area (Å²) < 4.78 is 18.3. The molecular weight excluding hydrogens is 209 g/mol. The third kappa shape index (κ3) is 1.46. The number of nitrogens with one attached hydrogen (secondary N) is 1. The van der Waals surface area contributed by atoms with Crippen molar-refractivity contribution in [1.82, 2.24) is 4.98 Å². The van der Waals surface area contributed by atoms with Crippen LogP contribution in [0.5, 0.6) is 0 Å². The first-order chi connectivity index (χ1) is 7.54. The minimum Gasteiger partial charge on any atom is -0.465 e. The van der Waals surface area contributed by atoms with Crippen LogP contribution >= 0.6 is 0 Å². The average molecular weight is 221 g/mol. The number of aromatic amines is 1. The molecule has 1 aromatic heterocycles. The summed E-state index contributed by atoms with van der Waals surface area (Å²) in [6, 6.07) is 3.20. The Bertz CT molecular complexity index is 572. The van der Waals surface area contributed by atoms with Crippen LogP contribution in [0, 0.1) is 19.7 Å². The van der Waals surface area contributed by atoms with Gasteiger partial charge in [-0.05, 0) is 31.5 Å². The van der Waals surface area contributed by atoms with E-state index in [0.29, 0.717) is 22.2 Å². The van der Waals surface area contributed by atoms with Crippen molar-refractivity contribution in [3.05, 3.63) is 34.8 Å². The molecule has 3 nitrogen and oxygen atoms in total. The van der Waals surface area contributed by atoms with Crippen LogP contribution in [-0.4, -0.2) is 18.1 Å². The molecule has 0 aliphatic rings. The van der Waals surface area contributed by atoms with Crippen molar-refractivity contribution in [3.8, 4) is 0 Å². The number of aryl methyl sites for hydroxylation is 2. The topological polar surface area (TPSA) is 42.1 Å². The fourth-order valence-electron chi connectivity index (χ4n) is 1.88. The second-order valence-electron chi connectivity index (χ2n) is 3.79. The molecule has 0 saturated carbocycles. The number of H-pyrrole nitrogens is 1. The van der Waals surface area contributed by atoms with Gasteiger partial charge in [-0.15, -0.1) is 0 Å². The molecule has 0 amide bonds. The number of hydrogen-bond donors (Lipinski definition) is 1. The second kappa shape index (κ2) is 3.63. The Morgan fingerprint density at radius 2 is 2.06 bits per heavy atom. The first-order valence-corrected chi connectivity index (χ1v) is 4.91. The Kier molecular flexibility index (Phi) is 2.42. The van der Waals surface area contributed by atoms with E-state index in [9.17, 15) is 9.18 Å². The summed E-state index contributed by atoms with van der Waals surface area (Å²) >= 11 is 0. The van der Waals surface area contributed by atoms with E-state index in [4.69, 9.17) is 0 Å². The molecular formula is C12H12FNO2. The van der Waals surface area contributed by atoms with Gasteiger partial charge in [-0.25, -0.2) is 9.18 Å². The van der Waals surface area contributed by atoms with Gasteiger partial charge in [0.15, 0.2) is 0 Å². The maximum absolute atomic E-state index is 13.6. The normalized spacial score (nSPS) is 10.8. The molecule has 4 heteroatoms. The summed E-state index contributed by atoms with van der Waals surface area (Å²) in [6.07, 6.45) is 0. The first-order valence-electron chi connectivity index (χ1n) is 4.91. The Labute approximate surface area is 92.2 Å². The SMILES string of the molecule is COC(=O)c1c(C)[nH]c2c(F)cc(C)cc12. The standard InChI is InChI=1S/C12H12FNO2/c1-6-4-8-10(12(15)16-3)7(2)14-11(8)9(13)5-6/h4-5,14H,1-3H3. The molecule has 0 spiro atoms. The fraction of sp³-hybridized carbons (Fsp3) is 0.250. The number of esters is 1. The molecule has 0 radical (unpaired) electrons. The molecule has 0 aliphatic carbocycles. The van der Waals surface area contributed by atoms with Gasteiger partial charge in [-0.3, -0.25) is 0 Å². The highest BCUT2D eigenvalue weighted by Crippen LogP contribution is 2.26. The van der Waals surface area contributed by atoms with Gasteiger partial charge < -0.3 is 9.72 Å². The van der Waals surface area contributed by atoms with Gasteiger partial charge in [-0.2, -0.15) is 0 Å². The molecule has 0 saturated heterocycles. The van der Waals surface area contributed by atoms with Gasteiger partial charge in [0.2, 0.25) is 0 Å². The zero-order chi connectivity index (χ0) is 11.9. The molecule has 1 aromatic carbocycles. The highest BCUT2D eigenvalue weighted by atomic mass is 19.1. The Morgan fingerprint density at radius 1 is 1.38 bits per heavy atom. The molecule has 0 aliphatic heterocycles. The lowest BCUT2D eigenvalue weighted by Crippen LogP contribution is -2.02. The first kappa shape index (κ1) is 10.7. The van der Waals surface area contributed by atoms with Crippen LogP contribution in [-0.2, 0) is 4.74 Å². The molecule has 1 heterocycles. The molecule has 0 fully saturated rings.